The van der Waals surface area contributed by atoms with E-state index in [-0.39, 0.29) is 12.5 Å². The molecule has 0 bridgehead atoms. The molecule has 0 aliphatic carbocycles. The van der Waals surface area contributed by atoms with Crippen LogP contribution in [0.2, 0.25) is 0 Å². The number of carbonyl (C=O) groups excluding carboxylic acids is 1. The molecule has 48 heavy (non-hydrogen) atoms. The first kappa shape index (κ1) is 47.1. The molecule has 1 amide bonds. The zero-order chi connectivity index (χ0) is 35.0. The predicted molar refractivity (Wildman–Crippen MR) is 212 cm³/mol. The fourth-order valence-electron chi connectivity index (χ4n) is 6.89. The van der Waals surface area contributed by atoms with Gasteiger partial charge in [-0.1, -0.05) is 231 Å². The summed E-state index contributed by atoms with van der Waals surface area (Å²) in [6, 6.07) is -0.614. The molecule has 0 aliphatic heterocycles. The molecule has 0 saturated heterocycles. The van der Waals surface area contributed by atoms with E-state index < -0.39 is 12.1 Å². The van der Waals surface area contributed by atoms with Gasteiger partial charge in [0.1, 0.15) is 0 Å². The van der Waals surface area contributed by atoms with Crippen LogP contribution < -0.4 is 5.32 Å². The highest BCUT2D eigenvalue weighted by Gasteiger charge is 2.17. The molecule has 0 aromatic carbocycles. The minimum Gasteiger partial charge on any atom is -0.394 e. The molecule has 0 aromatic rings. The largest absolute Gasteiger partial charge is 0.394 e. The Bertz CT molecular complexity index is 651. The standard InChI is InChI=1S/C44H87NO3/c1-3-5-7-9-11-13-15-16-17-18-19-20-21-22-23-24-25-26-27-28-29-30-32-34-36-38-40-44(48)45-42(41-46)43(47)39-37-35-33-31-14-12-10-8-6-4-2/h37,39,42-43,46-47H,3-36,38,40-41H2,1-2H3,(H,45,48)/b39-37+/t42-,43+/m0/s1. The van der Waals surface area contributed by atoms with Gasteiger partial charge in [-0.05, 0) is 19.3 Å². The van der Waals surface area contributed by atoms with Crippen LogP contribution in [0.3, 0.4) is 0 Å². The number of hydrogen-bond donors (Lipinski definition) is 3. The molecule has 0 aliphatic rings. The number of allylic oxidation sites excluding steroid dienone is 1. The van der Waals surface area contributed by atoms with Gasteiger partial charge in [0.05, 0.1) is 18.8 Å². The average molecular weight is 678 g/mol. The summed E-state index contributed by atoms with van der Waals surface area (Å²) in [6.45, 7) is 4.30. The summed E-state index contributed by atoms with van der Waals surface area (Å²) < 4.78 is 0. The minimum atomic E-state index is -0.832. The second-order valence-corrected chi connectivity index (χ2v) is 15.1. The maximum Gasteiger partial charge on any atom is 0.220 e. The lowest BCUT2D eigenvalue weighted by atomic mass is 10.0. The van der Waals surface area contributed by atoms with E-state index in [0.717, 1.165) is 25.7 Å². The first-order chi connectivity index (χ1) is 23.7. The van der Waals surface area contributed by atoms with Gasteiger partial charge in [0.2, 0.25) is 5.91 Å². The zero-order valence-electron chi connectivity index (χ0n) is 32.8. The highest BCUT2D eigenvalue weighted by Crippen LogP contribution is 2.16. The summed E-state index contributed by atoms with van der Waals surface area (Å²) in [4.78, 5) is 12.3. The Kier molecular flexibility index (Phi) is 39.8. The maximum absolute atomic E-state index is 12.3. The summed E-state index contributed by atoms with van der Waals surface area (Å²) in [7, 11) is 0. The third kappa shape index (κ3) is 36.4. The van der Waals surface area contributed by atoms with Gasteiger partial charge < -0.3 is 15.5 Å². The predicted octanol–water partition coefficient (Wildman–Crippen LogP) is 13.5. The molecule has 0 aromatic heterocycles. The molecule has 0 heterocycles. The molecule has 0 fully saturated rings. The lowest BCUT2D eigenvalue weighted by Crippen LogP contribution is -2.45. The lowest BCUT2D eigenvalue weighted by Gasteiger charge is -2.20. The molecule has 286 valence electrons. The van der Waals surface area contributed by atoms with Crippen molar-refractivity contribution in [3.05, 3.63) is 12.2 Å². The molecule has 0 radical (unpaired) electrons. The molecular formula is C44H87NO3. The van der Waals surface area contributed by atoms with Crippen LogP contribution in [-0.2, 0) is 4.79 Å². The van der Waals surface area contributed by atoms with E-state index in [2.05, 4.69) is 19.2 Å². The molecule has 3 N–H and O–H groups in total. The van der Waals surface area contributed by atoms with E-state index in [1.807, 2.05) is 6.08 Å². The van der Waals surface area contributed by atoms with E-state index in [4.69, 9.17) is 0 Å². The normalized spacial score (nSPS) is 13.0. The van der Waals surface area contributed by atoms with Crippen molar-refractivity contribution in [3.8, 4) is 0 Å². The topological polar surface area (TPSA) is 69.6 Å². The van der Waals surface area contributed by atoms with E-state index in [0.29, 0.717) is 6.42 Å². The number of aliphatic hydroxyl groups is 2. The van der Waals surface area contributed by atoms with Crippen LogP contribution in [0, 0.1) is 0 Å². The number of hydrogen-bond acceptors (Lipinski definition) is 3. The summed E-state index contributed by atoms with van der Waals surface area (Å²) in [5.41, 5.74) is 0. The highest BCUT2D eigenvalue weighted by atomic mass is 16.3. The van der Waals surface area contributed by atoms with Crippen molar-refractivity contribution in [1.82, 2.24) is 5.32 Å². The monoisotopic (exact) mass is 678 g/mol. The van der Waals surface area contributed by atoms with Gasteiger partial charge in [-0.15, -0.1) is 0 Å². The maximum atomic E-state index is 12.3. The van der Waals surface area contributed by atoms with E-state index in [9.17, 15) is 15.0 Å². The molecule has 2 atom stereocenters. The third-order valence-corrected chi connectivity index (χ3v) is 10.3. The molecule has 0 rings (SSSR count). The second-order valence-electron chi connectivity index (χ2n) is 15.1. The number of carbonyl (C=O) groups is 1. The quantitative estimate of drug-likeness (QED) is 0.0446. The van der Waals surface area contributed by atoms with Gasteiger partial charge >= 0.3 is 0 Å². The first-order valence-electron chi connectivity index (χ1n) is 21.9. The third-order valence-electron chi connectivity index (χ3n) is 10.3. The summed E-state index contributed by atoms with van der Waals surface area (Å²) in [6.07, 6.45) is 50.5. The Hall–Kier alpha value is -0.870. The number of nitrogens with one attached hydrogen (secondary N) is 1. The Morgan fingerprint density at radius 3 is 1.08 bits per heavy atom. The van der Waals surface area contributed by atoms with Crippen LogP contribution in [0.1, 0.15) is 245 Å². The Balaban J connectivity index is 3.42. The molecule has 0 saturated carbocycles. The number of unbranched alkanes of at least 4 members (excludes halogenated alkanes) is 33. The lowest BCUT2D eigenvalue weighted by molar-refractivity contribution is -0.123. The fourth-order valence-corrected chi connectivity index (χ4v) is 6.89. The van der Waals surface area contributed by atoms with Gasteiger partial charge in [-0.2, -0.15) is 0 Å². The van der Waals surface area contributed by atoms with Crippen molar-refractivity contribution >= 4 is 5.91 Å². The smallest absolute Gasteiger partial charge is 0.220 e. The van der Waals surface area contributed by atoms with Gasteiger partial charge in [-0.3, -0.25) is 4.79 Å². The Labute approximate surface area is 301 Å². The molecule has 0 spiro atoms. The highest BCUT2D eigenvalue weighted by molar-refractivity contribution is 5.76. The van der Waals surface area contributed by atoms with Crippen LogP contribution in [0.25, 0.3) is 0 Å². The van der Waals surface area contributed by atoms with Crippen LogP contribution >= 0.6 is 0 Å². The van der Waals surface area contributed by atoms with Gasteiger partial charge in [-0.25, -0.2) is 0 Å². The van der Waals surface area contributed by atoms with Crippen molar-refractivity contribution in [2.24, 2.45) is 0 Å². The Morgan fingerprint density at radius 1 is 0.479 bits per heavy atom. The zero-order valence-corrected chi connectivity index (χ0v) is 32.8. The van der Waals surface area contributed by atoms with Crippen molar-refractivity contribution in [2.45, 2.75) is 257 Å². The number of aliphatic hydroxyl groups excluding tert-OH is 2. The summed E-state index contributed by atoms with van der Waals surface area (Å²) in [5, 5.41) is 22.9. The molecule has 4 nitrogen and oxygen atoms in total. The van der Waals surface area contributed by atoms with E-state index >= 15 is 0 Å². The van der Waals surface area contributed by atoms with Crippen LogP contribution in [0.15, 0.2) is 12.2 Å². The van der Waals surface area contributed by atoms with Crippen molar-refractivity contribution in [2.75, 3.05) is 6.61 Å². The SMILES string of the molecule is CCCCCCCCCC/C=C/[C@@H](O)[C@H](CO)NC(=O)CCCCCCCCCCCCCCCCCCCCCCCCCCCC. The van der Waals surface area contributed by atoms with Crippen molar-refractivity contribution in [3.63, 3.8) is 0 Å². The average Bonchev–Trinajstić information content (AvgIpc) is 3.09. The number of rotatable bonds is 40. The summed E-state index contributed by atoms with van der Waals surface area (Å²) >= 11 is 0. The van der Waals surface area contributed by atoms with Gasteiger partial charge in [0.15, 0.2) is 0 Å². The van der Waals surface area contributed by atoms with Crippen LogP contribution in [0.4, 0.5) is 0 Å². The van der Waals surface area contributed by atoms with Crippen LogP contribution in [0.5, 0.6) is 0 Å². The van der Waals surface area contributed by atoms with E-state index in [1.54, 1.807) is 6.08 Å². The summed E-state index contributed by atoms with van der Waals surface area (Å²) in [5.74, 6) is -0.0612. The van der Waals surface area contributed by atoms with Gasteiger partial charge in [0.25, 0.3) is 0 Å². The van der Waals surface area contributed by atoms with Crippen molar-refractivity contribution in [1.29, 1.82) is 0 Å². The molecular weight excluding hydrogens is 590 g/mol. The van der Waals surface area contributed by atoms with Crippen molar-refractivity contribution < 1.29 is 15.0 Å². The first-order valence-corrected chi connectivity index (χ1v) is 21.9. The molecule has 4 heteroatoms. The van der Waals surface area contributed by atoms with Gasteiger partial charge in [0, 0.05) is 6.42 Å². The second kappa shape index (κ2) is 40.6. The minimum absolute atomic E-state index is 0.0612. The fraction of sp³-hybridized carbons (Fsp3) is 0.932. The number of amides is 1. The Morgan fingerprint density at radius 2 is 0.771 bits per heavy atom. The van der Waals surface area contributed by atoms with Crippen LogP contribution in [-0.4, -0.2) is 34.9 Å². The molecule has 0 unspecified atom stereocenters. The van der Waals surface area contributed by atoms with E-state index in [1.165, 1.54) is 199 Å².